The van der Waals surface area contributed by atoms with Crippen molar-refractivity contribution in [3.05, 3.63) is 34.1 Å². The van der Waals surface area contributed by atoms with Crippen LogP contribution in [0.3, 0.4) is 0 Å². The molecule has 0 amide bonds. The molecule has 8 heteroatoms. The van der Waals surface area contributed by atoms with Gasteiger partial charge in [-0.05, 0) is 37.3 Å². The van der Waals surface area contributed by atoms with E-state index in [-0.39, 0.29) is 11.7 Å². The average molecular weight is 395 g/mol. The lowest BCUT2D eigenvalue weighted by atomic mass is 10.1. The maximum atomic E-state index is 13.1. The van der Waals surface area contributed by atoms with Gasteiger partial charge in [0.15, 0.2) is 5.16 Å². The van der Waals surface area contributed by atoms with Gasteiger partial charge in [0.25, 0.3) is 5.56 Å². The minimum atomic E-state index is -0.436. The fourth-order valence-electron chi connectivity index (χ4n) is 2.92. The Bertz CT molecular complexity index is 847. The maximum absolute atomic E-state index is 13.1. The van der Waals surface area contributed by atoms with Crippen LogP contribution in [0.15, 0.2) is 28.2 Å². The van der Waals surface area contributed by atoms with Crippen LogP contribution in [0.25, 0.3) is 10.9 Å². The normalized spacial score (nSPS) is 16.9. The van der Waals surface area contributed by atoms with Gasteiger partial charge >= 0.3 is 5.97 Å². The zero-order valence-electron chi connectivity index (χ0n) is 14.9. The highest BCUT2D eigenvalue weighted by atomic mass is 32.2. The molecular weight excluding hydrogens is 372 g/mol. The van der Waals surface area contributed by atoms with Crippen LogP contribution in [0.1, 0.15) is 23.2 Å². The number of aromatic nitrogens is 2. The van der Waals surface area contributed by atoms with Gasteiger partial charge in [0.05, 0.1) is 36.2 Å². The van der Waals surface area contributed by atoms with E-state index in [1.165, 1.54) is 7.11 Å². The molecule has 1 aliphatic rings. The third-order valence-corrected chi connectivity index (χ3v) is 6.12. The van der Waals surface area contributed by atoms with Gasteiger partial charge in [0, 0.05) is 18.1 Å². The summed E-state index contributed by atoms with van der Waals surface area (Å²) < 4.78 is 12.2. The van der Waals surface area contributed by atoms with Crippen molar-refractivity contribution in [1.29, 1.82) is 0 Å². The summed E-state index contributed by atoms with van der Waals surface area (Å²) >= 11 is 3.32. The number of esters is 1. The quantitative estimate of drug-likeness (QED) is 0.309. The van der Waals surface area contributed by atoms with Crippen molar-refractivity contribution in [3.63, 3.8) is 0 Å². The molecule has 1 aromatic carbocycles. The van der Waals surface area contributed by atoms with Crippen LogP contribution < -0.4 is 5.56 Å². The van der Waals surface area contributed by atoms with E-state index in [4.69, 9.17) is 9.47 Å². The lowest BCUT2D eigenvalue weighted by molar-refractivity contribution is 0.0601. The van der Waals surface area contributed by atoms with E-state index in [0.717, 1.165) is 31.0 Å². The second-order valence-corrected chi connectivity index (χ2v) is 8.06. The molecule has 6 nitrogen and oxygen atoms in total. The van der Waals surface area contributed by atoms with Gasteiger partial charge in [-0.3, -0.25) is 9.36 Å². The molecule has 0 unspecified atom stereocenters. The Morgan fingerprint density at radius 3 is 2.96 bits per heavy atom. The number of hydrogen-bond acceptors (Lipinski definition) is 7. The average Bonchev–Trinajstić information content (AvgIpc) is 3.17. The van der Waals surface area contributed by atoms with Crippen LogP contribution in [0.4, 0.5) is 0 Å². The number of carbonyl (C=O) groups is 1. The van der Waals surface area contributed by atoms with Gasteiger partial charge in [-0.15, -0.1) is 0 Å². The van der Waals surface area contributed by atoms with Crippen molar-refractivity contribution in [2.24, 2.45) is 0 Å². The number of fused-ring (bicyclic) bond motifs is 1. The monoisotopic (exact) mass is 394 g/mol. The molecule has 0 bridgehead atoms. The molecule has 140 valence electrons. The van der Waals surface area contributed by atoms with E-state index in [9.17, 15) is 9.59 Å². The summed E-state index contributed by atoms with van der Waals surface area (Å²) in [5.41, 5.74) is 0.825. The van der Waals surface area contributed by atoms with Gasteiger partial charge in [0.2, 0.25) is 0 Å². The summed E-state index contributed by atoms with van der Waals surface area (Å²) in [7, 11) is 1.34. The Labute approximate surface area is 160 Å². The first-order chi connectivity index (χ1) is 12.6. The van der Waals surface area contributed by atoms with Crippen molar-refractivity contribution >= 4 is 40.4 Å². The number of carbonyl (C=O) groups excluding carboxylic acids is 1. The van der Waals surface area contributed by atoms with Crippen LogP contribution in [0, 0.1) is 0 Å². The lowest BCUT2D eigenvalue weighted by Crippen LogP contribution is -2.29. The summed E-state index contributed by atoms with van der Waals surface area (Å²) in [4.78, 5) is 29.5. The number of hydrogen-bond donors (Lipinski definition) is 0. The van der Waals surface area contributed by atoms with E-state index in [1.54, 1.807) is 46.3 Å². The predicted octanol–water partition coefficient (Wildman–Crippen LogP) is 2.82. The van der Waals surface area contributed by atoms with E-state index < -0.39 is 5.97 Å². The Hall–Kier alpha value is -1.51. The summed E-state index contributed by atoms with van der Waals surface area (Å²) in [6.45, 7) is 1.26. The molecule has 1 aliphatic heterocycles. The van der Waals surface area contributed by atoms with Gasteiger partial charge in [-0.2, -0.15) is 11.8 Å². The molecule has 1 saturated heterocycles. The third-order valence-electron chi connectivity index (χ3n) is 4.27. The first-order valence-corrected chi connectivity index (χ1v) is 10.9. The standard InChI is InChI=1S/C18H22N2O4S2/c1-23-17(22)12-5-6-14-15(10-12)19-18(26-9-8-25-2)20(16(14)21)11-13-4-3-7-24-13/h5-6,10,13H,3-4,7-9,11H2,1-2H3/t13-/m0/s1. The lowest BCUT2D eigenvalue weighted by Gasteiger charge is -2.16. The molecule has 0 N–H and O–H groups in total. The van der Waals surface area contributed by atoms with Crippen LogP contribution in [-0.2, 0) is 16.0 Å². The molecule has 1 fully saturated rings. The summed E-state index contributed by atoms with van der Waals surface area (Å²) in [6.07, 6.45) is 4.09. The molecule has 0 spiro atoms. The highest BCUT2D eigenvalue weighted by Crippen LogP contribution is 2.22. The molecule has 1 aromatic heterocycles. The van der Waals surface area contributed by atoms with Crippen LogP contribution >= 0.6 is 23.5 Å². The number of ether oxygens (including phenoxy) is 2. The molecule has 0 aliphatic carbocycles. The molecule has 3 rings (SSSR count). The van der Waals surface area contributed by atoms with Gasteiger partial charge in [-0.1, -0.05) is 11.8 Å². The van der Waals surface area contributed by atoms with Crippen molar-refractivity contribution < 1.29 is 14.3 Å². The number of benzene rings is 1. The van der Waals surface area contributed by atoms with Gasteiger partial charge in [-0.25, -0.2) is 9.78 Å². The fourth-order valence-corrected chi connectivity index (χ4v) is 4.58. The Kier molecular flexibility index (Phi) is 6.61. The topological polar surface area (TPSA) is 70.4 Å². The number of methoxy groups -OCH3 is 1. The van der Waals surface area contributed by atoms with E-state index in [2.05, 4.69) is 11.2 Å². The maximum Gasteiger partial charge on any atom is 0.337 e. The molecule has 0 saturated carbocycles. The van der Waals surface area contributed by atoms with Crippen molar-refractivity contribution in [1.82, 2.24) is 9.55 Å². The first kappa shape index (κ1) is 19.3. The van der Waals surface area contributed by atoms with Gasteiger partial charge < -0.3 is 9.47 Å². The molecule has 2 aromatic rings. The SMILES string of the molecule is COC(=O)c1ccc2c(=O)n(C[C@@H]3CCCO3)c(SCCSC)nc2c1. The van der Waals surface area contributed by atoms with E-state index in [1.807, 2.05) is 0 Å². The number of nitrogens with zero attached hydrogens (tertiary/aromatic N) is 2. The highest BCUT2D eigenvalue weighted by Gasteiger charge is 2.20. The largest absolute Gasteiger partial charge is 0.465 e. The van der Waals surface area contributed by atoms with Gasteiger partial charge in [0.1, 0.15) is 0 Å². The first-order valence-electron chi connectivity index (χ1n) is 8.50. The molecular formula is C18H22N2O4S2. The second kappa shape index (κ2) is 8.92. The zero-order valence-corrected chi connectivity index (χ0v) is 16.5. The minimum absolute atomic E-state index is 0.0567. The highest BCUT2D eigenvalue weighted by molar-refractivity contribution is 8.02. The third kappa shape index (κ3) is 4.24. The van der Waals surface area contributed by atoms with Crippen LogP contribution in [0.5, 0.6) is 0 Å². The number of thioether (sulfide) groups is 2. The predicted molar refractivity (Wildman–Crippen MR) is 105 cm³/mol. The molecule has 2 heterocycles. The second-order valence-electron chi connectivity index (χ2n) is 6.01. The summed E-state index contributed by atoms with van der Waals surface area (Å²) in [6, 6.07) is 4.88. The molecule has 0 radical (unpaired) electrons. The minimum Gasteiger partial charge on any atom is -0.465 e. The van der Waals surface area contributed by atoms with Crippen molar-refractivity contribution in [3.8, 4) is 0 Å². The van der Waals surface area contributed by atoms with Crippen molar-refractivity contribution in [2.75, 3.05) is 31.5 Å². The smallest absolute Gasteiger partial charge is 0.337 e. The molecule has 26 heavy (non-hydrogen) atoms. The van der Waals surface area contributed by atoms with E-state index in [0.29, 0.717) is 28.2 Å². The van der Waals surface area contributed by atoms with Crippen molar-refractivity contribution in [2.45, 2.75) is 30.6 Å². The summed E-state index contributed by atoms with van der Waals surface area (Å²) in [5.74, 6) is 1.40. The Morgan fingerprint density at radius 1 is 1.42 bits per heavy atom. The van der Waals surface area contributed by atoms with Crippen LogP contribution in [0.2, 0.25) is 0 Å². The summed E-state index contributed by atoms with van der Waals surface area (Å²) in [5, 5.41) is 1.18. The van der Waals surface area contributed by atoms with Crippen LogP contribution in [-0.4, -0.2) is 53.1 Å². The fraction of sp³-hybridized carbons (Fsp3) is 0.500. The van der Waals surface area contributed by atoms with E-state index >= 15 is 0 Å². The zero-order chi connectivity index (χ0) is 18.5. The Morgan fingerprint density at radius 2 is 2.27 bits per heavy atom. The molecule has 1 atom stereocenters. The number of rotatable bonds is 7. The Balaban J connectivity index is 2.03.